The Kier molecular flexibility index (Phi) is 5.38. The van der Waals surface area contributed by atoms with Crippen molar-refractivity contribution in [3.05, 3.63) is 0 Å². The van der Waals surface area contributed by atoms with Gasteiger partial charge in [0, 0.05) is 12.3 Å². The van der Waals surface area contributed by atoms with Gasteiger partial charge in [-0.2, -0.15) is 0 Å². The van der Waals surface area contributed by atoms with E-state index < -0.39 is 33.4 Å². The molecule has 1 fully saturated rings. The minimum Gasteiger partial charge on any atom is -0.481 e. The molecule has 0 aromatic rings. The highest BCUT2D eigenvalue weighted by atomic mass is 32.2. The third-order valence-corrected chi connectivity index (χ3v) is 4.46. The van der Waals surface area contributed by atoms with Gasteiger partial charge in [-0.3, -0.25) is 4.79 Å². The largest absolute Gasteiger partial charge is 0.481 e. The standard InChI is InChI=1S/C12H22N2O5S/c1-9(8-20(2,18)19)13-11(17)14-12(7-10(15)16)5-3-4-6-12/h9H,3-8H2,1-2H3,(H,15,16)(H2,13,14,17). The second kappa shape index (κ2) is 6.43. The molecule has 2 amide bonds. The van der Waals surface area contributed by atoms with Crippen LogP contribution in [-0.4, -0.2) is 49.1 Å². The molecule has 1 aliphatic carbocycles. The summed E-state index contributed by atoms with van der Waals surface area (Å²) >= 11 is 0. The normalized spacial score (nSPS) is 19.3. The van der Waals surface area contributed by atoms with E-state index in [1.54, 1.807) is 6.92 Å². The molecule has 0 heterocycles. The smallest absolute Gasteiger partial charge is 0.315 e. The van der Waals surface area contributed by atoms with E-state index in [2.05, 4.69) is 10.6 Å². The predicted molar refractivity (Wildman–Crippen MR) is 74.3 cm³/mol. The van der Waals surface area contributed by atoms with Crippen molar-refractivity contribution in [1.82, 2.24) is 10.6 Å². The zero-order chi connectivity index (χ0) is 15.4. The van der Waals surface area contributed by atoms with Gasteiger partial charge in [-0.1, -0.05) is 12.8 Å². The fraction of sp³-hybridized carbons (Fsp3) is 0.833. The van der Waals surface area contributed by atoms with Gasteiger partial charge in [0.05, 0.1) is 17.7 Å². The number of hydrogen-bond acceptors (Lipinski definition) is 4. The monoisotopic (exact) mass is 306 g/mol. The van der Waals surface area contributed by atoms with Crippen LogP contribution < -0.4 is 10.6 Å². The van der Waals surface area contributed by atoms with Gasteiger partial charge < -0.3 is 15.7 Å². The van der Waals surface area contributed by atoms with Crippen LogP contribution in [0.3, 0.4) is 0 Å². The number of hydrogen-bond donors (Lipinski definition) is 3. The molecular formula is C12H22N2O5S. The minimum atomic E-state index is -3.17. The number of sulfone groups is 1. The van der Waals surface area contributed by atoms with Crippen molar-refractivity contribution in [2.75, 3.05) is 12.0 Å². The van der Waals surface area contributed by atoms with Crippen LogP contribution in [0, 0.1) is 0 Å². The number of carbonyl (C=O) groups is 2. The van der Waals surface area contributed by atoms with Crippen LogP contribution in [0.15, 0.2) is 0 Å². The Hall–Kier alpha value is -1.31. The number of urea groups is 1. The molecule has 0 spiro atoms. The van der Waals surface area contributed by atoms with Gasteiger partial charge in [-0.25, -0.2) is 13.2 Å². The number of carboxylic acids is 1. The van der Waals surface area contributed by atoms with Crippen molar-refractivity contribution in [2.24, 2.45) is 0 Å². The van der Waals surface area contributed by atoms with Gasteiger partial charge in [-0.05, 0) is 19.8 Å². The summed E-state index contributed by atoms with van der Waals surface area (Å²) in [4.78, 5) is 22.8. The third-order valence-electron chi connectivity index (χ3n) is 3.36. The Bertz CT molecular complexity index is 468. The first-order valence-corrected chi connectivity index (χ1v) is 8.66. The summed E-state index contributed by atoms with van der Waals surface area (Å²) in [7, 11) is -3.17. The average molecular weight is 306 g/mol. The molecule has 8 heteroatoms. The summed E-state index contributed by atoms with van der Waals surface area (Å²) in [5.74, 6) is -1.09. The zero-order valence-electron chi connectivity index (χ0n) is 11.8. The first-order valence-electron chi connectivity index (χ1n) is 6.60. The molecule has 1 aliphatic rings. The molecule has 116 valence electrons. The van der Waals surface area contributed by atoms with Gasteiger partial charge in [0.2, 0.25) is 0 Å². The molecule has 7 nitrogen and oxygen atoms in total. The summed E-state index contributed by atoms with van der Waals surface area (Å²) in [5, 5.41) is 14.2. The first kappa shape index (κ1) is 16.7. The summed E-state index contributed by atoms with van der Waals surface area (Å²) in [6.07, 6.45) is 4.02. The molecule has 0 bridgehead atoms. The van der Waals surface area contributed by atoms with Crippen LogP contribution in [0.4, 0.5) is 4.79 Å². The molecule has 0 aromatic carbocycles. The topological polar surface area (TPSA) is 113 Å². The lowest BCUT2D eigenvalue weighted by molar-refractivity contribution is -0.138. The average Bonchev–Trinajstić information content (AvgIpc) is 2.60. The molecule has 0 aromatic heterocycles. The van der Waals surface area contributed by atoms with Crippen molar-refractivity contribution in [1.29, 1.82) is 0 Å². The quantitative estimate of drug-likeness (QED) is 0.661. The lowest BCUT2D eigenvalue weighted by Crippen LogP contribution is -2.54. The van der Waals surface area contributed by atoms with E-state index in [-0.39, 0.29) is 12.2 Å². The van der Waals surface area contributed by atoms with E-state index in [1.165, 1.54) is 0 Å². The maximum Gasteiger partial charge on any atom is 0.315 e. The molecule has 1 rings (SSSR count). The van der Waals surface area contributed by atoms with Crippen molar-refractivity contribution >= 4 is 21.8 Å². The van der Waals surface area contributed by atoms with Gasteiger partial charge in [-0.15, -0.1) is 0 Å². The van der Waals surface area contributed by atoms with E-state index >= 15 is 0 Å². The lowest BCUT2D eigenvalue weighted by Gasteiger charge is -2.29. The Balaban J connectivity index is 2.57. The van der Waals surface area contributed by atoms with E-state index in [0.29, 0.717) is 12.8 Å². The molecule has 1 saturated carbocycles. The van der Waals surface area contributed by atoms with E-state index in [0.717, 1.165) is 19.1 Å². The number of rotatable bonds is 6. The highest BCUT2D eigenvalue weighted by molar-refractivity contribution is 7.90. The molecule has 3 N–H and O–H groups in total. The summed E-state index contributed by atoms with van der Waals surface area (Å²) in [6, 6.07) is -1.03. The number of nitrogens with one attached hydrogen (secondary N) is 2. The number of aliphatic carboxylic acids is 1. The van der Waals surface area contributed by atoms with Gasteiger partial charge in [0.25, 0.3) is 0 Å². The third kappa shape index (κ3) is 5.77. The molecule has 1 atom stereocenters. The second-order valence-electron chi connectivity index (χ2n) is 5.65. The fourth-order valence-corrected chi connectivity index (χ4v) is 3.68. The predicted octanol–water partition coefficient (Wildman–Crippen LogP) is 0.506. The number of carboxylic acid groups (broad SMARTS) is 1. The number of amides is 2. The highest BCUT2D eigenvalue weighted by Gasteiger charge is 2.37. The molecule has 0 radical (unpaired) electrons. The van der Waals surface area contributed by atoms with Gasteiger partial charge >= 0.3 is 12.0 Å². The Labute approximate surface area is 119 Å². The van der Waals surface area contributed by atoms with Crippen LogP contribution in [-0.2, 0) is 14.6 Å². The Morgan fingerprint density at radius 1 is 1.30 bits per heavy atom. The minimum absolute atomic E-state index is 0.110. The summed E-state index contributed by atoms with van der Waals surface area (Å²) in [5.41, 5.74) is -0.708. The van der Waals surface area contributed by atoms with Crippen molar-refractivity contribution < 1.29 is 23.1 Å². The molecule has 20 heavy (non-hydrogen) atoms. The highest BCUT2D eigenvalue weighted by Crippen LogP contribution is 2.32. The van der Waals surface area contributed by atoms with Gasteiger partial charge in [0.15, 0.2) is 0 Å². The Morgan fingerprint density at radius 3 is 2.30 bits per heavy atom. The molecule has 0 saturated heterocycles. The first-order chi connectivity index (χ1) is 9.12. The van der Waals surface area contributed by atoms with Crippen LogP contribution >= 0.6 is 0 Å². The van der Waals surface area contributed by atoms with Gasteiger partial charge in [0.1, 0.15) is 9.84 Å². The SMILES string of the molecule is CC(CS(C)(=O)=O)NC(=O)NC1(CC(=O)O)CCCC1. The summed E-state index contributed by atoms with van der Waals surface area (Å²) < 4.78 is 22.3. The molecular weight excluding hydrogens is 284 g/mol. The fourth-order valence-electron chi connectivity index (χ4n) is 2.68. The maximum absolute atomic E-state index is 11.9. The van der Waals surface area contributed by atoms with Crippen molar-refractivity contribution in [3.8, 4) is 0 Å². The van der Waals surface area contributed by atoms with Crippen molar-refractivity contribution in [2.45, 2.75) is 50.6 Å². The zero-order valence-corrected chi connectivity index (χ0v) is 12.6. The van der Waals surface area contributed by atoms with E-state index in [4.69, 9.17) is 5.11 Å². The summed E-state index contributed by atoms with van der Waals surface area (Å²) in [6.45, 7) is 1.60. The molecule has 1 unspecified atom stereocenters. The second-order valence-corrected chi connectivity index (χ2v) is 7.83. The van der Waals surface area contributed by atoms with E-state index in [1.807, 2.05) is 0 Å². The molecule has 0 aliphatic heterocycles. The van der Waals surface area contributed by atoms with Crippen LogP contribution in [0.25, 0.3) is 0 Å². The van der Waals surface area contributed by atoms with Crippen molar-refractivity contribution in [3.63, 3.8) is 0 Å². The lowest BCUT2D eigenvalue weighted by atomic mass is 9.93. The van der Waals surface area contributed by atoms with Crippen LogP contribution in [0.2, 0.25) is 0 Å². The number of carbonyl (C=O) groups excluding carboxylic acids is 1. The Morgan fingerprint density at radius 2 is 1.85 bits per heavy atom. The van der Waals surface area contributed by atoms with E-state index in [9.17, 15) is 18.0 Å². The van der Waals surface area contributed by atoms with Crippen LogP contribution in [0.1, 0.15) is 39.0 Å². The van der Waals surface area contributed by atoms with Crippen LogP contribution in [0.5, 0.6) is 0 Å². The maximum atomic E-state index is 11.9.